The Morgan fingerprint density at radius 1 is 0.409 bits per heavy atom. The van der Waals surface area contributed by atoms with Gasteiger partial charge in [0.2, 0.25) is 0 Å². The molecule has 0 rings (SSSR count). The van der Waals surface area contributed by atoms with E-state index in [1.165, 1.54) is 141 Å². The third-order valence-electron chi connectivity index (χ3n) is 8.64. The van der Waals surface area contributed by atoms with E-state index in [0.29, 0.717) is 26.1 Å². The Hall–Kier alpha value is -1.10. The fourth-order valence-electron chi connectivity index (χ4n) is 5.69. The van der Waals surface area contributed by atoms with Crippen molar-refractivity contribution in [1.29, 1.82) is 0 Å². The highest BCUT2D eigenvalue weighted by Gasteiger charge is 2.17. The molecule has 0 heterocycles. The van der Waals surface area contributed by atoms with Crippen LogP contribution in [0.25, 0.3) is 0 Å². The fraction of sp³-hybridized carbons (Fsp3) is 0.949. The van der Waals surface area contributed by atoms with Gasteiger partial charge in [0, 0.05) is 19.4 Å². The molecule has 1 unspecified atom stereocenters. The van der Waals surface area contributed by atoms with Crippen molar-refractivity contribution < 1.29 is 23.8 Å². The van der Waals surface area contributed by atoms with E-state index in [9.17, 15) is 9.59 Å². The highest BCUT2D eigenvalue weighted by atomic mass is 16.6. The molecule has 0 aromatic rings. The number of ether oxygens (including phenoxy) is 3. The second kappa shape index (κ2) is 36.4. The smallest absolute Gasteiger partial charge is 0.306 e. The Bertz CT molecular complexity index is 593. The lowest BCUT2D eigenvalue weighted by Gasteiger charge is -2.18. The summed E-state index contributed by atoms with van der Waals surface area (Å²) in [5.41, 5.74) is 0. The Kier molecular flexibility index (Phi) is 35.5. The first-order valence-electron chi connectivity index (χ1n) is 19.6. The second-order valence-electron chi connectivity index (χ2n) is 13.2. The average Bonchev–Trinajstić information content (AvgIpc) is 3.02. The molecule has 0 amide bonds. The number of hydrogen-bond acceptors (Lipinski definition) is 5. The van der Waals surface area contributed by atoms with Crippen molar-refractivity contribution in [1.82, 2.24) is 0 Å². The summed E-state index contributed by atoms with van der Waals surface area (Å²) >= 11 is 0. The molecule has 5 heteroatoms. The molecular weight excluding hydrogens is 548 g/mol. The van der Waals surface area contributed by atoms with Crippen LogP contribution in [0.2, 0.25) is 0 Å². The Labute approximate surface area is 274 Å². The van der Waals surface area contributed by atoms with E-state index in [4.69, 9.17) is 14.2 Å². The van der Waals surface area contributed by atoms with Crippen LogP contribution < -0.4 is 0 Å². The lowest BCUT2D eigenvalue weighted by Crippen LogP contribution is -2.30. The van der Waals surface area contributed by atoms with Gasteiger partial charge < -0.3 is 14.2 Å². The maximum absolute atomic E-state index is 12.5. The van der Waals surface area contributed by atoms with E-state index in [1.807, 2.05) is 0 Å². The van der Waals surface area contributed by atoms with Crippen LogP contribution in [0.15, 0.2) is 0 Å². The zero-order chi connectivity index (χ0) is 32.2. The van der Waals surface area contributed by atoms with Gasteiger partial charge in [0.15, 0.2) is 6.10 Å². The van der Waals surface area contributed by atoms with Gasteiger partial charge in [-0.2, -0.15) is 0 Å². The molecule has 0 fully saturated rings. The van der Waals surface area contributed by atoms with Crippen LogP contribution in [-0.4, -0.2) is 37.9 Å². The first-order chi connectivity index (χ1) is 21.6. The molecule has 0 spiro atoms. The van der Waals surface area contributed by atoms with Crippen LogP contribution in [0.3, 0.4) is 0 Å². The number of carbonyl (C=O) groups is 2. The minimum atomic E-state index is -0.517. The zero-order valence-electron chi connectivity index (χ0n) is 30.0. The molecule has 0 radical (unpaired) electrons. The van der Waals surface area contributed by atoms with Crippen molar-refractivity contribution >= 4 is 11.9 Å². The predicted molar refractivity (Wildman–Crippen MR) is 187 cm³/mol. The summed E-state index contributed by atoms with van der Waals surface area (Å²) in [5, 5.41) is 0. The number of esters is 2. The first-order valence-corrected chi connectivity index (χ1v) is 19.6. The lowest BCUT2D eigenvalue weighted by atomic mass is 10.0. The van der Waals surface area contributed by atoms with Gasteiger partial charge >= 0.3 is 11.9 Å². The number of rotatable bonds is 36. The van der Waals surface area contributed by atoms with Gasteiger partial charge in [-0.05, 0) is 19.3 Å². The standard InChI is InChI=1S/C39H76O5/c1-4-7-10-13-16-18-19-20-21-23-24-26-29-32-38(40)43-36-37(35-42-34-31-28-15-12-9-6-3)44-39(41)33-30-27-25-22-17-14-11-8-5-2/h37H,4-36H2,1-3H3. The van der Waals surface area contributed by atoms with Crippen molar-refractivity contribution in [3.63, 3.8) is 0 Å². The van der Waals surface area contributed by atoms with Crippen LogP contribution in [-0.2, 0) is 23.8 Å². The molecule has 44 heavy (non-hydrogen) atoms. The van der Waals surface area contributed by atoms with Gasteiger partial charge in [-0.3, -0.25) is 9.59 Å². The number of hydrogen-bond donors (Lipinski definition) is 0. The second-order valence-corrected chi connectivity index (χ2v) is 13.2. The average molecular weight is 625 g/mol. The summed E-state index contributed by atoms with van der Waals surface area (Å²) in [6.07, 6.45) is 35.2. The van der Waals surface area contributed by atoms with E-state index < -0.39 is 6.10 Å². The van der Waals surface area contributed by atoms with E-state index in [-0.39, 0.29) is 18.5 Å². The van der Waals surface area contributed by atoms with Crippen LogP contribution in [0.1, 0.15) is 213 Å². The molecule has 1 atom stereocenters. The van der Waals surface area contributed by atoms with Gasteiger partial charge in [0.25, 0.3) is 0 Å². The fourth-order valence-corrected chi connectivity index (χ4v) is 5.69. The van der Waals surface area contributed by atoms with Crippen molar-refractivity contribution in [2.75, 3.05) is 19.8 Å². The summed E-state index contributed by atoms with van der Waals surface area (Å²) < 4.78 is 17.1. The molecule has 0 saturated carbocycles. The third-order valence-corrected chi connectivity index (χ3v) is 8.64. The lowest BCUT2D eigenvalue weighted by molar-refractivity contribution is -0.163. The van der Waals surface area contributed by atoms with Crippen molar-refractivity contribution in [3.8, 4) is 0 Å². The maximum atomic E-state index is 12.5. The molecular formula is C39H76O5. The molecule has 0 aliphatic carbocycles. The van der Waals surface area contributed by atoms with Gasteiger partial charge in [0.05, 0.1) is 6.61 Å². The molecule has 0 N–H and O–H groups in total. The molecule has 0 saturated heterocycles. The number of unbranched alkanes of at least 4 members (excludes halogenated alkanes) is 25. The summed E-state index contributed by atoms with van der Waals surface area (Å²) in [6, 6.07) is 0. The van der Waals surface area contributed by atoms with E-state index in [0.717, 1.165) is 38.5 Å². The minimum absolute atomic E-state index is 0.0945. The van der Waals surface area contributed by atoms with Crippen molar-refractivity contribution in [3.05, 3.63) is 0 Å². The Balaban J connectivity index is 4.10. The van der Waals surface area contributed by atoms with Crippen LogP contribution in [0, 0.1) is 0 Å². The van der Waals surface area contributed by atoms with Crippen LogP contribution in [0.5, 0.6) is 0 Å². The van der Waals surface area contributed by atoms with Crippen molar-refractivity contribution in [2.45, 2.75) is 219 Å². The summed E-state index contributed by atoms with van der Waals surface area (Å²) in [6.45, 7) is 7.79. The maximum Gasteiger partial charge on any atom is 0.306 e. The largest absolute Gasteiger partial charge is 0.462 e. The molecule has 0 aromatic carbocycles. The highest BCUT2D eigenvalue weighted by molar-refractivity contribution is 5.70. The predicted octanol–water partition coefficient (Wildman–Crippen LogP) is 12.2. The van der Waals surface area contributed by atoms with Gasteiger partial charge in [-0.25, -0.2) is 0 Å². The zero-order valence-corrected chi connectivity index (χ0v) is 30.0. The summed E-state index contributed by atoms with van der Waals surface area (Å²) in [7, 11) is 0. The molecule has 0 bridgehead atoms. The monoisotopic (exact) mass is 625 g/mol. The summed E-state index contributed by atoms with van der Waals surface area (Å²) in [4.78, 5) is 24.9. The Morgan fingerprint density at radius 3 is 1.16 bits per heavy atom. The van der Waals surface area contributed by atoms with E-state index in [2.05, 4.69) is 20.8 Å². The van der Waals surface area contributed by atoms with Crippen LogP contribution >= 0.6 is 0 Å². The molecule has 0 aromatic heterocycles. The van der Waals surface area contributed by atoms with E-state index in [1.54, 1.807) is 0 Å². The van der Waals surface area contributed by atoms with Gasteiger partial charge in [0.1, 0.15) is 6.61 Å². The minimum Gasteiger partial charge on any atom is -0.462 e. The Morgan fingerprint density at radius 2 is 0.750 bits per heavy atom. The first kappa shape index (κ1) is 42.9. The summed E-state index contributed by atoms with van der Waals surface area (Å²) in [5.74, 6) is -0.391. The molecule has 0 aliphatic heterocycles. The van der Waals surface area contributed by atoms with Crippen molar-refractivity contribution in [2.24, 2.45) is 0 Å². The van der Waals surface area contributed by atoms with Gasteiger partial charge in [-0.15, -0.1) is 0 Å². The van der Waals surface area contributed by atoms with Gasteiger partial charge in [-0.1, -0.05) is 181 Å². The third kappa shape index (κ3) is 33.8. The molecule has 262 valence electrons. The van der Waals surface area contributed by atoms with E-state index >= 15 is 0 Å². The molecule has 5 nitrogen and oxygen atoms in total. The number of carbonyl (C=O) groups excluding carboxylic acids is 2. The van der Waals surface area contributed by atoms with Crippen LogP contribution in [0.4, 0.5) is 0 Å². The molecule has 0 aliphatic rings. The quantitative estimate of drug-likeness (QED) is 0.0512. The topological polar surface area (TPSA) is 61.8 Å². The SMILES string of the molecule is CCCCCCCCCCCCCCCC(=O)OCC(COCCCCCCCC)OC(=O)CCCCCCCCCCC. The normalized spacial score (nSPS) is 12.0. The highest BCUT2D eigenvalue weighted by Crippen LogP contribution is 2.14.